The molecule has 0 bridgehead atoms. The molecule has 3 N–H and O–H groups in total. The van der Waals surface area contributed by atoms with E-state index in [1.54, 1.807) is 11.8 Å². The Bertz CT molecular complexity index is 584. The maximum absolute atomic E-state index is 8.80. The fraction of sp³-hybridized carbons (Fsp3) is 0.188. The van der Waals surface area contributed by atoms with Crippen molar-refractivity contribution >= 4 is 17.6 Å². The molecule has 0 aliphatic rings. The second-order valence-corrected chi connectivity index (χ2v) is 5.82. The third-order valence-electron chi connectivity index (χ3n) is 3.06. The van der Waals surface area contributed by atoms with Crippen LogP contribution in [0.15, 0.2) is 64.6 Å². The molecule has 20 heavy (non-hydrogen) atoms. The zero-order chi connectivity index (χ0) is 14.4. The van der Waals surface area contributed by atoms with Gasteiger partial charge in [-0.15, -0.1) is 11.8 Å². The summed E-state index contributed by atoms with van der Waals surface area (Å²) in [4.78, 5) is 1.21. The molecule has 0 aliphatic carbocycles. The van der Waals surface area contributed by atoms with E-state index in [1.165, 1.54) is 16.0 Å². The van der Waals surface area contributed by atoms with Crippen LogP contribution in [0.25, 0.3) is 0 Å². The summed E-state index contributed by atoms with van der Waals surface area (Å²) in [6.45, 7) is 2.09. The minimum atomic E-state index is 0.133. The van der Waals surface area contributed by atoms with Gasteiger partial charge in [0, 0.05) is 16.6 Å². The molecule has 2 aromatic carbocycles. The van der Waals surface area contributed by atoms with E-state index < -0.39 is 0 Å². The SMILES string of the molecule is Cc1ccccc1SC(CC(N)=NO)c1ccccc1. The fourth-order valence-electron chi connectivity index (χ4n) is 1.97. The molecule has 104 valence electrons. The Morgan fingerprint density at radius 1 is 1.15 bits per heavy atom. The van der Waals surface area contributed by atoms with Gasteiger partial charge in [0.15, 0.2) is 0 Å². The van der Waals surface area contributed by atoms with Crippen LogP contribution in [0.4, 0.5) is 0 Å². The van der Waals surface area contributed by atoms with Gasteiger partial charge in [-0.25, -0.2) is 0 Å². The predicted molar refractivity (Wildman–Crippen MR) is 84.2 cm³/mol. The number of oxime groups is 1. The van der Waals surface area contributed by atoms with Crippen LogP contribution in [0.2, 0.25) is 0 Å². The van der Waals surface area contributed by atoms with Crippen LogP contribution in [0, 0.1) is 6.92 Å². The van der Waals surface area contributed by atoms with Crippen molar-refractivity contribution in [3.8, 4) is 0 Å². The topological polar surface area (TPSA) is 58.6 Å². The Morgan fingerprint density at radius 3 is 2.45 bits per heavy atom. The molecule has 0 spiro atoms. The van der Waals surface area contributed by atoms with E-state index in [0.29, 0.717) is 6.42 Å². The van der Waals surface area contributed by atoms with E-state index in [0.717, 1.165) is 0 Å². The average Bonchev–Trinajstić information content (AvgIpc) is 2.49. The standard InChI is InChI=1S/C16H18N2OS/c1-12-7-5-6-10-14(12)20-15(11-16(17)18-19)13-8-3-2-4-9-13/h2-10,15,19H,11H2,1H3,(H2,17,18). The minimum absolute atomic E-state index is 0.133. The lowest BCUT2D eigenvalue weighted by Gasteiger charge is -2.17. The summed E-state index contributed by atoms with van der Waals surface area (Å²) in [7, 11) is 0. The lowest BCUT2D eigenvalue weighted by Crippen LogP contribution is -2.14. The highest BCUT2D eigenvalue weighted by molar-refractivity contribution is 7.99. The van der Waals surface area contributed by atoms with Gasteiger partial charge in [-0.3, -0.25) is 0 Å². The van der Waals surface area contributed by atoms with Gasteiger partial charge >= 0.3 is 0 Å². The smallest absolute Gasteiger partial charge is 0.140 e. The number of benzene rings is 2. The first-order valence-corrected chi connectivity index (χ1v) is 7.32. The fourth-order valence-corrected chi connectivity index (χ4v) is 3.23. The number of hydrogen-bond donors (Lipinski definition) is 2. The molecule has 0 fully saturated rings. The first-order chi connectivity index (χ1) is 9.70. The zero-order valence-corrected chi connectivity index (χ0v) is 12.2. The number of rotatable bonds is 5. The molecule has 1 unspecified atom stereocenters. The summed E-state index contributed by atoms with van der Waals surface area (Å²) in [5.74, 6) is 0.250. The largest absolute Gasteiger partial charge is 0.409 e. The van der Waals surface area contributed by atoms with Gasteiger partial charge in [-0.05, 0) is 24.1 Å². The molecule has 0 aliphatic heterocycles. The second kappa shape index (κ2) is 7.01. The van der Waals surface area contributed by atoms with Gasteiger partial charge in [-0.1, -0.05) is 53.7 Å². The van der Waals surface area contributed by atoms with Crippen molar-refractivity contribution in [2.24, 2.45) is 10.9 Å². The normalized spacial score (nSPS) is 13.2. The first kappa shape index (κ1) is 14.5. The van der Waals surface area contributed by atoms with E-state index in [4.69, 9.17) is 10.9 Å². The minimum Gasteiger partial charge on any atom is -0.409 e. The molecule has 4 heteroatoms. The second-order valence-electron chi connectivity index (χ2n) is 4.58. The lowest BCUT2D eigenvalue weighted by molar-refractivity contribution is 0.317. The summed E-state index contributed by atoms with van der Waals surface area (Å²) >= 11 is 1.74. The predicted octanol–water partition coefficient (Wildman–Crippen LogP) is 3.96. The van der Waals surface area contributed by atoms with Gasteiger partial charge in [-0.2, -0.15) is 0 Å². The number of hydrogen-bond acceptors (Lipinski definition) is 3. The number of amidine groups is 1. The van der Waals surface area contributed by atoms with Crippen LogP contribution in [-0.2, 0) is 0 Å². The van der Waals surface area contributed by atoms with Crippen LogP contribution in [-0.4, -0.2) is 11.0 Å². The summed E-state index contributed by atoms with van der Waals surface area (Å²) in [5, 5.41) is 12.0. The van der Waals surface area contributed by atoms with Crippen molar-refractivity contribution in [2.45, 2.75) is 23.5 Å². The van der Waals surface area contributed by atoms with Gasteiger partial charge in [0.05, 0.1) is 0 Å². The third kappa shape index (κ3) is 3.78. The molecule has 2 rings (SSSR count). The quantitative estimate of drug-likeness (QED) is 0.287. The number of thioether (sulfide) groups is 1. The highest BCUT2D eigenvalue weighted by Crippen LogP contribution is 2.38. The molecular formula is C16H18N2OS. The molecule has 0 saturated heterocycles. The number of nitrogens with zero attached hydrogens (tertiary/aromatic N) is 1. The Hall–Kier alpha value is -1.94. The Kier molecular flexibility index (Phi) is 5.07. The van der Waals surface area contributed by atoms with Crippen LogP contribution in [0.1, 0.15) is 22.8 Å². The van der Waals surface area contributed by atoms with Crippen LogP contribution in [0.5, 0.6) is 0 Å². The lowest BCUT2D eigenvalue weighted by atomic mass is 10.1. The molecule has 0 heterocycles. The summed E-state index contributed by atoms with van der Waals surface area (Å²) < 4.78 is 0. The molecule has 2 aromatic rings. The van der Waals surface area contributed by atoms with E-state index in [9.17, 15) is 0 Å². The Morgan fingerprint density at radius 2 is 1.80 bits per heavy atom. The highest BCUT2D eigenvalue weighted by atomic mass is 32.2. The Balaban J connectivity index is 2.26. The average molecular weight is 286 g/mol. The van der Waals surface area contributed by atoms with E-state index in [1.807, 2.05) is 30.3 Å². The van der Waals surface area contributed by atoms with Gasteiger partial charge in [0.1, 0.15) is 5.84 Å². The van der Waals surface area contributed by atoms with Crippen molar-refractivity contribution in [1.29, 1.82) is 0 Å². The summed E-state index contributed by atoms with van der Waals surface area (Å²) in [6.07, 6.45) is 0.513. The maximum Gasteiger partial charge on any atom is 0.140 e. The monoisotopic (exact) mass is 286 g/mol. The molecule has 1 atom stereocenters. The van der Waals surface area contributed by atoms with Crippen molar-refractivity contribution in [1.82, 2.24) is 0 Å². The van der Waals surface area contributed by atoms with Crippen molar-refractivity contribution < 1.29 is 5.21 Å². The molecule has 0 aromatic heterocycles. The zero-order valence-electron chi connectivity index (χ0n) is 11.4. The number of aryl methyl sites for hydroxylation is 1. The maximum atomic E-state index is 8.80. The third-order valence-corrected chi connectivity index (χ3v) is 4.49. The molecule has 0 saturated carbocycles. The first-order valence-electron chi connectivity index (χ1n) is 6.44. The number of nitrogens with two attached hydrogens (primary N) is 1. The van der Waals surface area contributed by atoms with E-state index >= 15 is 0 Å². The Labute approximate surface area is 123 Å². The van der Waals surface area contributed by atoms with Gasteiger partial charge < -0.3 is 10.9 Å². The van der Waals surface area contributed by atoms with Crippen molar-refractivity contribution in [2.75, 3.05) is 0 Å². The summed E-state index contributed by atoms with van der Waals surface area (Å²) in [5.41, 5.74) is 8.10. The van der Waals surface area contributed by atoms with Crippen LogP contribution in [0.3, 0.4) is 0 Å². The highest BCUT2D eigenvalue weighted by Gasteiger charge is 2.16. The molecule has 0 amide bonds. The van der Waals surface area contributed by atoms with Crippen LogP contribution >= 0.6 is 11.8 Å². The van der Waals surface area contributed by atoms with Crippen molar-refractivity contribution in [3.63, 3.8) is 0 Å². The van der Waals surface area contributed by atoms with Crippen LogP contribution < -0.4 is 5.73 Å². The molecule has 0 radical (unpaired) electrons. The van der Waals surface area contributed by atoms with E-state index in [2.05, 4.69) is 36.3 Å². The van der Waals surface area contributed by atoms with Gasteiger partial charge in [0.25, 0.3) is 0 Å². The van der Waals surface area contributed by atoms with Gasteiger partial charge in [0.2, 0.25) is 0 Å². The van der Waals surface area contributed by atoms with E-state index in [-0.39, 0.29) is 11.1 Å². The molecule has 3 nitrogen and oxygen atoms in total. The summed E-state index contributed by atoms with van der Waals surface area (Å²) in [6, 6.07) is 18.4. The van der Waals surface area contributed by atoms with Crippen molar-refractivity contribution in [3.05, 3.63) is 65.7 Å². The molecular weight excluding hydrogens is 268 g/mol.